The molecule has 1 aromatic carbocycles. The average molecular weight is 484 g/mol. The van der Waals surface area contributed by atoms with Gasteiger partial charge in [0.2, 0.25) is 0 Å². The monoisotopic (exact) mass is 484 g/mol. The van der Waals surface area contributed by atoms with Crippen LogP contribution in [0.4, 0.5) is 0 Å². The highest BCUT2D eigenvalue weighted by Crippen LogP contribution is 2.53. The number of aliphatic imine (C=N–C) groups is 1. The molecular weight excluding hydrogens is 472 g/mol. The van der Waals surface area contributed by atoms with Crippen LogP contribution in [-0.2, 0) is 0 Å². The maximum Gasteiger partial charge on any atom is 0.138 e. The normalized spacial score (nSPS) is 12.9. The lowest BCUT2D eigenvalue weighted by Crippen LogP contribution is -1.96. The summed E-state index contributed by atoms with van der Waals surface area (Å²) in [5.41, 5.74) is 2.58. The molecule has 0 saturated carbocycles. The highest BCUT2D eigenvalue weighted by atomic mass is 14.7. The summed E-state index contributed by atoms with van der Waals surface area (Å²) >= 11 is 0. The Morgan fingerprint density at radius 1 is 0.789 bits per heavy atom. The van der Waals surface area contributed by atoms with Gasteiger partial charge in [-0.1, -0.05) is 25.3 Å². The molecule has 4 rings (SSSR count). The predicted octanol–water partition coefficient (Wildman–Crippen LogP) is 5.19. The van der Waals surface area contributed by atoms with Gasteiger partial charge in [0.05, 0.1) is 22.5 Å². The minimum Gasteiger partial charge on any atom is -0.257 e. The molecule has 172 valence electrons. The third-order valence-corrected chi connectivity index (χ3v) is 5.95. The summed E-state index contributed by atoms with van der Waals surface area (Å²) in [4.78, 5) is 8.51. The van der Waals surface area contributed by atoms with Crippen LogP contribution in [0, 0.1) is 68.0 Å². The molecule has 38 heavy (non-hydrogen) atoms. The maximum atomic E-state index is 10.2. The molecule has 0 atom stereocenters. The summed E-state index contributed by atoms with van der Waals surface area (Å²) in [7, 11) is 0. The zero-order valence-corrected chi connectivity index (χ0v) is 19.6. The Hall–Kier alpha value is -6.58. The van der Waals surface area contributed by atoms with E-state index in [1.165, 1.54) is 18.5 Å². The fourth-order valence-corrected chi connectivity index (χ4v) is 4.50. The molecule has 2 aliphatic rings. The minimum atomic E-state index is -0.274. The van der Waals surface area contributed by atoms with Crippen molar-refractivity contribution >= 4 is 34.1 Å². The molecule has 0 saturated heterocycles. The Bertz CT molecular complexity index is 1850. The molecule has 0 aliphatic heterocycles. The van der Waals surface area contributed by atoms with Crippen molar-refractivity contribution in [1.29, 1.82) is 31.6 Å². The number of fused-ring (bicyclic) bond motifs is 2. The van der Waals surface area contributed by atoms with Crippen molar-refractivity contribution in [3.05, 3.63) is 106 Å². The van der Waals surface area contributed by atoms with E-state index >= 15 is 0 Å². The Kier molecular flexibility index (Phi) is 6.43. The lowest BCUT2D eigenvalue weighted by atomic mass is 9.90. The number of allylic oxidation sites excluding steroid dienone is 8. The largest absolute Gasteiger partial charge is 0.257 e. The zero-order chi connectivity index (χ0) is 27.4. The standard InChI is InChI=1S/C30H12N8/c1-3-7-37-17(2)27-24(15-35)20-9-21-23(10-22(20)28(27)18(11-31)12-32)29(19(13-33)14-34)30(25(21)16-36)26-6-4-5-8-38-26/h3-10H,1-2H2/b37-7-. The zero-order valence-electron chi connectivity index (χ0n) is 19.6. The number of nitrogens with zero attached hydrogens (tertiary/aromatic N) is 8. The van der Waals surface area contributed by atoms with Crippen LogP contribution in [0.1, 0.15) is 27.9 Å². The van der Waals surface area contributed by atoms with Crippen LogP contribution in [0.3, 0.4) is 0 Å². The third-order valence-electron chi connectivity index (χ3n) is 5.95. The Morgan fingerprint density at radius 3 is 1.92 bits per heavy atom. The van der Waals surface area contributed by atoms with E-state index in [9.17, 15) is 31.6 Å². The van der Waals surface area contributed by atoms with Gasteiger partial charge >= 0.3 is 0 Å². The van der Waals surface area contributed by atoms with Crippen molar-refractivity contribution in [1.82, 2.24) is 4.98 Å². The fraction of sp³-hybridized carbons (Fsp3) is 0. The third kappa shape index (κ3) is 3.58. The molecule has 2 aliphatic carbocycles. The van der Waals surface area contributed by atoms with Gasteiger partial charge in [0.25, 0.3) is 0 Å². The second-order valence-corrected chi connectivity index (χ2v) is 7.79. The Labute approximate surface area is 218 Å². The van der Waals surface area contributed by atoms with Crippen LogP contribution < -0.4 is 0 Å². The van der Waals surface area contributed by atoms with Gasteiger partial charge in [0.1, 0.15) is 47.6 Å². The highest BCUT2D eigenvalue weighted by molar-refractivity contribution is 6.26. The van der Waals surface area contributed by atoms with Crippen molar-refractivity contribution in [2.75, 3.05) is 0 Å². The van der Waals surface area contributed by atoms with E-state index in [1.807, 2.05) is 24.3 Å². The van der Waals surface area contributed by atoms with Crippen molar-refractivity contribution in [3.63, 3.8) is 0 Å². The van der Waals surface area contributed by atoms with E-state index in [4.69, 9.17) is 0 Å². The molecule has 0 unspecified atom stereocenters. The second kappa shape index (κ2) is 9.96. The van der Waals surface area contributed by atoms with E-state index < -0.39 is 0 Å². The number of nitriles is 6. The van der Waals surface area contributed by atoms with E-state index in [0.29, 0.717) is 33.5 Å². The SMILES string of the molecule is C=C/C=N\C(=C)C1=C(C#N)c2cc3c(cc2C1=C(C#N)C#N)C(=C(C#N)C#N)C(c1ccccn1)=C3C#N. The van der Waals surface area contributed by atoms with Crippen molar-refractivity contribution in [2.45, 2.75) is 0 Å². The smallest absolute Gasteiger partial charge is 0.138 e. The molecule has 1 aromatic heterocycles. The van der Waals surface area contributed by atoms with Gasteiger partial charge < -0.3 is 0 Å². The van der Waals surface area contributed by atoms with Crippen LogP contribution in [0.5, 0.6) is 0 Å². The lowest BCUT2D eigenvalue weighted by molar-refractivity contribution is 1.28. The quantitative estimate of drug-likeness (QED) is 0.424. The molecule has 0 amide bonds. The number of hydrogen-bond donors (Lipinski definition) is 0. The van der Waals surface area contributed by atoms with Gasteiger partial charge in [-0.2, -0.15) is 31.6 Å². The first-order valence-electron chi connectivity index (χ1n) is 10.8. The molecule has 0 spiro atoms. The molecular formula is C30H12N8. The first kappa shape index (κ1) is 24.5. The number of hydrogen-bond acceptors (Lipinski definition) is 8. The van der Waals surface area contributed by atoms with Gasteiger partial charge in [-0.05, 0) is 35.4 Å². The molecule has 0 fully saturated rings. The topological polar surface area (TPSA) is 168 Å². The predicted molar refractivity (Wildman–Crippen MR) is 140 cm³/mol. The van der Waals surface area contributed by atoms with Gasteiger partial charge in [0.15, 0.2) is 0 Å². The van der Waals surface area contributed by atoms with Crippen molar-refractivity contribution < 1.29 is 0 Å². The van der Waals surface area contributed by atoms with Crippen LogP contribution in [0.15, 0.2) is 83.2 Å². The van der Waals surface area contributed by atoms with E-state index in [1.54, 1.807) is 30.3 Å². The Balaban J connectivity index is 2.19. The van der Waals surface area contributed by atoms with Gasteiger partial charge in [-0.15, -0.1) is 0 Å². The number of aromatic nitrogens is 1. The second-order valence-electron chi connectivity index (χ2n) is 7.79. The highest BCUT2D eigenvalue weighted by Gasteiger charge is 2.37. The average Bonchev–Trinajstić information content (AvgIpc) is 3.44. The van der Waals surface area contributed by atoms with E-state index in [2.05, 4.69) is 35.3 Å². The minimum absolute atomic E-state index is 0.113. The molecule has 0 radical (unpaired) electrons. The molecule has 0 bridgehead atoms. The van der Waals surface area contributed by atoms with Crippen LogP contribution in [0.2, 0.25) is 0 Å². The summed E-state index contributed by atoms with van der Waals surface area (Å²) in [6, 6.07) is 20.1. The summed E-state index contributed by atoms with van der Waals surface area (Å²) < 4.78 is 0. The van der Waals surface area contributed by atoms with E-state index in [-0.39, 0.29) is 44.7 Å². The summed E-state index contributed by atoms with van der Waals surface area (Å²) in [6.45, 7) is 7.49. The molecule has 8 heteroatoms. The van der Waals surface area contributed by atoms with E-state index in [0.717, 1.165) is 0 Å². The number of pyridine rings is 1. The maximum absolute atomic E-state index is 10.2. The van der Waals surface area contributed by atoms with Crippen LogP contribution in [-0.4, -0.2) is 11.2 Å². The van der Waals surface area contributed by atoms with Gasteiger partial charge in [-0.25, -0.2) is 0 Å². The summed E-state index contributed by atoms with van der Waals surface area (Å²) in [5, 5.41) is 59.4. The molecule has 2 aromatic rings. The van der Waals surface area contributed by atoms with Crippen LogP contribution in [0.25, 0.3) is 27.9 Å². The van der Waals surface area contributed by atoms with Gasteiger partial charge in [0, 0.05) is 45.8 Å². The molecule has 0 N–H and O–H groups in total. The number of rotatable bonds is 4. The van der Waals surface area contributed by atoms with Crippen molar-refractivity contribution in [3.8, 4) is 36.4 Å². The molecule has 8 nitrogen and oxygen atoms in total. The first-order chi connectivity index (χ1) is 18.5. The lowest BCUT2D eigenvalue weighted by Gasteiger charge is -2.11. The summed E-state index contributed by atoms with van der Waals surface area (Å²) in [5.74, 6) is 0. The fourth-order valence-electron chi connectivity index (χ4n) is 4.50. The molecule has 1 heterocycles. The Morgan fingerprint density at radius 2 is 1.37 bits per heavy atom. The van der Waals surface area contributed by atoms with Gasteiger partial charge in [-0.3, -0.25) is 9.98 Å². The van der Waals surface area contributed by atoms with Crippen molar-refractivity contribution in [2.24, 2.45) is 4.99 Å². The van der Waals surface area contributed by atoms with Crippen LogP contribution >= 0.6 is 0 Å². The number of benzene rings is 1. The first-order valence-corrected chi connectivity index (χ1v) is 10.8. The summed E-state index contributed by atoms with van der Waals surface area (Å²) in [6.07, 6.45) is 4.31.